The molecule has 0 spiro atoms. The van der Waals surface area contributed by atoms with Crippen LogP contribution in [0, 0.1) is 6.92 Å². The lowest BCUT2D eigenvalue weighted by molar-refractivity contribution is 0.102. The van der Waals surface area contributed by atoms with Gasteiger partial charge in [0.1, 0.15) is 23.7 Å². The summed E-state index contributed by atoms with van der Waals surface area (Å²) in [6.45, 7) is 2.23. The number of fused-ring (bicyclic) bond motifs is 1. The number of hydrogen-bond donors (Lipinski definition) is 1. The average molecular weight is 426 g/mol. The molecule has 0 bridgehead atoms. The van der Waals surface area contributed by atoms with E-state index in [1.807, 2.05) is 36.4 Å². The third-order valence-corrected chi connectivity index (χ3v) is 4.90. The Labute approximate surface area is 177 Å². The number of imidazole rings is 1. The number of amides is 1. The Balaban J connectivity index is 1.44. The fourth-order valence-electron chi connectivity index (χ4n) is 2.98. The van der Waals surface area contributed by atoms with Gasteiger partial charge < -0.3 is 10.1 Å². The molecule has 1 N–H and O–H groups in total. The van der Waals surface area contributed by atoms with Crippen LogP contribution in [0.4, 0.5) is 5.69 Å². The van der Waals surface area contributed by atoms with E-state index in [1.54, 1.807) is 41.8 Å². The Morgan fingerprint density at radius 3 is 2.48 bits per heavy atom. The van der Waals surface area contributed by atoms with Crippen molar-refractivity contribution in [3.63, 3.8) is 0 Å². The van der Waals surface area contributed by atoms with Crippen LogP contribution in [0.2, 0.25) is 10.0 Å². The third kappa shape index (κ3) is 4.36. The van der Waals surface area contributed by atoms with Crippen LogP contribution in [-0.2, 0) is 6.61 Å². The molecular weight excluding hydrogens is 409 g/mol. The molecule has 4 rings (SSSR count). The third-order valence-electron chi connectivity index (χ3n) is 4.41. The summed E-state index contributed by atoms with van der Waals surface area (Å²) in [7, 11) is 0. The zero-order valence-corrected chi connectivity index (χ0v) is 17.0. The van der Waals surface area contributed by atoms with Gasteiger partial charge in [0, 0.05) is 28.0 Å². The highest BCUT2D eigenvalue weighted by atomic mass is 35.5. The molecule has 0 saturated heterocycles. The number of aryl methyl sites for hydroxylation is 1. The monoisotopic (exact) mass is 425 g/mol. The second kappa shape index (κ2) is 8.15. The number of rotatable bonds is 5. The molecular formula is C22H17Cl2N3O2. The smallest absolute Gasteiger partial charge is 0.274 e. The Kier molecular flexibility index (Phi) is 5.43. The second-order valence-electron chi connectivity index (χ2n) is 6.51. The summed E-state index contributed by atoms with van der Waals surface area (Å²) in [5.41, 5.74) is 3.42. The second-order valence-corrected chi connectivity index (χ2v) is 7.39. The van der Waals surface area contributed by atoms with Crippen LogP contribution < -0.4 is 10.1 Å². The molecule has 2 aromatic carbocycles. The van der Waals surface area contributed by atoms with Gasteiger partial charge in [-0.25, -0.2) is 4.98 Å². The van der Waals surface area contributed by atoms with Crippen molar-refractivity contribution in [2.45, 2.75) is 13.5 Å². The number of ether oxygens (including phenoxy) is 1. The highest BCUT2D eigenvalue weighted by Gasteiger charge is 2.17. The minimum atomic E-state index is -0.243. The van der Waals surface area contributed by atoms with E-state index in [0.29, 0.717) is 45.1 Å². The molecule has 0 aliphatic carbocycles. The van der Waals surface area contributed by atoms with Crippen LogP contribution >= 0.6 is 23.2 Å². The predicted molar refractivity (Wildman–Crippen MR) is 115 cm³/mol. The summed E-state index contributed by atoms with van der Waals surface area (Å²) in [4.78, 5) is 17.2. The number of hydrogen-bond acceptors (Lipinski definition) is 3. The molecule has 0 atom stereocenters. The fourth-order valence-corrected chi connectivity index (χ4v) is 3.26. The first-order valence-electron chi connectivity index (χ1n) is 8.92. The SMILES string of the molecule is Cc1nc2cc(Cl)ccn2c1C(=O)Nc1ccc(OCc2ccc(Cl)cc2)cc1. The molecule has 0 aliphatic rings. The van der Waals surface area contributed by atoms with E-state index in [9.17, 15) is 4.79 Å². The number of nitrogens with one attached hydrogen (secondary N) is 1. The van der Waals surface area contributed by atoms with Crippen molar-refractivity contribution >= 4 is 40.4 Å². The predicted octanol–water partition coefficient (Wildman–Crippen LogP) is 5.78. The van der Waals surface area contributed by atoms with Crippen molar-refractivity contribution in [1.29, 1.82) is 0 Å². The average Bonchev–Trinajstić information content (AvgIpc) is 3.03. The molecule has 0 fully saturated rings. The maximum atomic E-state index is 12.8. The van der Waals surface area contributed by atoms with E-state index in [0.717, 1.165) is 5.56 Å². The minimum Gasteiger partial charge on any atom is -0.489 e. The summed E-state index contributed by atoms with van der Waals surface area (Å²) >= 11 is 11.9. The van der Waals surface area contributed by atoms with Gasteiger partial charge in [-0.05, 0) is 55.0 Å². The van der Waals surface area contributed by atoms with Gasteiger partial charge in [-0.2, -0.15) is 0 Å². The molecule has 0 saturated carbocycles. The number of nitrogens with zero attached hydrogens (tertiary/aromatic N) is 2. The lowest BCUT2D eigenvalue weighted by atomic mass is 10.2. The molecule has 29 heavy (non-hydrogen) atoms. The molecule has 2 heterocycles. The van der Waals surface area contributed by atoms with Crippen LogP contribution in [0.1, 0.15) is 21.7 Å². The lowest BCUT2D eigenvalue weighted by Gasteiger charge is -2.09. The normalized spacial score (nSPS) is 10.9. The van der Waals surface area contributed by atoms with Crippen molar-refractivity contribution < 1.29 is 9.53 Å². The summed E-state index contributed by atoms with van der Waals surface area (Å²) < 4.78 is 7.49. The Morgan fingerprint density at radius 2 is 1.76 bits per heavy atom. The Bertz CT molecular complexity index is 1170. The zero-order valence-electron chi connectivity index (χ0n) is 15.5. The minimum absolute atomic E-state index is 0.243. The first kappa shape index (κ1) is 19.3. The van der Waals surface area contributed by atoms with E-state index in [1.165, 1.54) is 0 Å². The van der Waals surface area contributed by atoms with E-state index in [4.69, 9.17) is 27.9 Å². The van der Waals surface area contributed by atoms with Crippen LogP contribution in [0.5, 0.6) is 5.75 Å². The maximum absolute atomic E-state index is 12.8. The Hall–Kier alpha value is -3.02. The largest absolute Gasteiger partial charge is 0.489 e. The van der Waals surface area contributed by atoms with Gasteiger partial charge >= 0.3 is 0 Å². The van der Waals surface area contributed by atoms with Crippen molar-refractivity contribution in [2.75, 3.05) is 5.32 Å². The number of aromatic nitrogens is 2. The van der Waals surface area contributed by atoms with Gasteiger partial charge in [0.2, 0.25) is 0 Å². The highest BCUT2D eigenvalue weighted by molar-refractivity contribution is 6.31. The van der Waals surface area contributed by atoms with E-state index in [2.05, 4.69) is 10.3 Å². The molecule has 5 nitrogen and oxygen atoms in total. The number of carbonyl (C=O) groups is 1. The zero-order chi connectivity index (χ0) is 20.4. The number of carbonyl (C=O) groups excluding carboxylic acids is 1. The van der Waals surface area contributed by atoms with Crippen molar-refractivity contribution in [1.82, 2.24) is 9.38 Å². The van der Waals surface area contributed by atoms with Gasteiger partial charge in [-0.1, -0.05) is 35.3 Å². The standard InChI is InChI=1S/C22H17Cl2N3O2/c1-14-21(27-11-10-17(24)12-20(27)25-14)22(28)26-18-6-8-19(9-7-18)29-13-15-2-4-16(23)5-3-15/h2-12H,13H2,1H3,(H,26,28). The summed E-state index contributed by atoms with van der Waals surface area (Å²) in [5.74, 6) is 0.464. The van der Waals surface area contributed by atoms with E-state index >= 15 is 0 Å². The number of pyridine rings is 1. The molecule has 146 valence electrons. The quantitative estimate of drug-likeness (QED) is 0.440. The first-order valence-corrected chi connectivity index (χ1v) is 9.68. The Morgan fingerprint density at radius 1 is 1.03 bits per heavy atom. The summed E-state index contributed by atoms with van der Waals surface area (Å²) in [6.07, 6.45) is 1.74. The van der Waals surface area contributed by atoms with Gasteiger partial charge in [0.25, 0.3) is 5.91 Å². The summed E-state index contributed by atoms with van der Waals surface area (Å²) in [5, 5.41) is 4.16. The maximum Gasteiger partial charge on any atom is 0.274 e. The van der Waals surface area contributed by atoms with Crippen LogP contribution in [0.3, 0.4) is 0 Å². The van der Waals surface area contributed by atoms with E-state index < -0.39 is 0 Å². The molecule has 1 amide bonds. The first-order chi connectivity index (χ1) is 14.0. The molecule has 2 aromatic heterocycles. The van der Waals surface area contributed by atoms with Gasteiger partial charge in [-0.15, -0.1) is 0 Å². The number of halogens is 2. The molecule has 4 aromatic rings. The molecule has 0 radical (unpaired) electrons. The van der Waals surface area contributed by atoms with Crippen molar-refractivity contribution in [2.24, 2.45) is 0 Å². The lowest BCUT2D eigenvalue weighted by Crippen LogP contribution is -2.15. The topological polar surface area (TPSA) is 55.6 Å². The van der Waals surface area contributed by atoms with Gasteiger partial charge in [-0.3, -0.25) is 9.20 Å². The van der Waals surface area contributed by atoms with Gasteiger partial charge in [0.15, 0.2) is 0 Å². The van der Waals surface area contributed by atoms with Crippen LogP contribution in [-0.4, -0.2) is 15.3 Å². The van der Waals surface area contributed by atoms with E-state index in [-0.39, 0.29) is 5.91 Å². The molecule has 0 unspecified atom stereocenters. The number of benzene rings is 2. The van der Waals surface area contributed by atoms with Crippen molar-refractivity contribution in [3.8, 4) is 5.75 Å². The summed E-state index contributed by atoms with van der Waals surface area (Å²) in [6, 6.07) is 18.2. The molecule has 7 heteroatoms. The van der Waals surface area contributed by atoms with Crippen LogP contribution in [0.25, 0.3) is 5.65 Å². The van der Waals surface area contributed by atoms with Crippen LogP contribution in [0.15, 0.2) is 66.9 Å². The highest BCUT2D eigenvalue weighted by Crippen LogP contribution is 2.21. The number of anilines is 1. The van der Waals surface area contributed by atoms with Crippen molar-refractivity contribution in [3.05, 3.63) is 93.9 Å². The molecule has 0 aliphatic heterocycles. The fraction of sp³-hybridized carbons (Fsp3) is 0.0909. The van der Waals surface area contributed by atoms with Gasteiger partial charge in [0.05, 0.1) is 5.69 Å².